The van der Waals surface area contributed by atoms with Crippen molar-refractivity contribution in [3.8, 4) is 0 Å². The molecular weight excluding hydrogens is 384 g/mol. The average molecular weight is 415 g/mol. The number of benzene rings is 2. The number of aryl methyl sites for hydroxylation is 4. The fraction of sp³-hybridized carbons (Fsp3) is 0.435. The van der Waals surface area contributed by atoms with E-state index >= 15 is 0 Å². The Balaban J connectivity index is 1.75. The van der Waals surface area contributed by atoms with Gasteiger partial charge in [0.2, 0.25) is 15.9 Å². The normalized spacial score (nSPS) is 14.8. The molecule has 2 aromatic rings. The van der Waals surface area contributed by atoms with Crippen LogP contribution in [0.2, 0.25) is 0 Å². The molecule has 0 spiro atoms. The van der Waals surface area contributed by atoms with Crippen molar-refractivity contribution in [2.75, 3.05) is 17.1 Å². The molecule has 0 saturated carbocycles. The molecule has 0 radical (unpaired) electrons. The van der Waals surface area contributed by atoms with Crippen LogP contribution in [0.15, 0.2) is 36.4 Å². The van der Waals surface area contributed by atoms with Crippen LogP contribution in [0.1, 0.15) is 53.6 Å². The molecular formula is C23H30N2O3S. The fourth-order valence-corrected chi connectivity index (χ4v) is 4.86. The minimum Gasteiger partial charge on any atom is -0.348 e. The van der Waals surface area contributed by atoms with E-state index in [-0.39, 0.29) is 18.5 Å². The summed E-state index contributed by atoms with van der Waals surface area (Å²) in [5.41, 5.74) is 6.24. The minimum atomic E-state index is -3.59. The Morgan fingerprint density at radius 3 is 2.28 bits per heavy atom. The summed E-state index contributed by atoms with van der Waals surface area (Å²) in [6.45, 7) is 5.52. The van der Waals surface area contributed by atoms with Gasteiger partial charge in [-0.15, -0.1) is 0 Å². The first-order valence-electron chi connectivity index (χ1n) is 10.1. The molecule has 6 heteroatoms. The Labute approximate surface area is 174 Å². The maximum Gasteiger partial charge on any atom is 0.241 e. The van der Waals surface area contributed by atoms with Crippen molar-refractivity contribution in [1.82, 2.24) is 5.32 Å². The lowest BCUT2D eigenvalue weighted by Crippen LogP contribution is -2.41. The predicted octanol–water partition coefficient (Wildman–Crippen LogP) is 3.83. The topological polar surface area (TPSA) is 66.5 Å². The molecule has 29 heavy (non-hydrogen) atoms. The zero-order valence-corrected chi connectivity index (χ0v) is 18.5. The number of nitrogens with one attached hydrogen (secondary N) is 1. The summed E-state index contributed by atoms with van der Waals surface area (Å²) in [6, 6.07) is 11.8. The van der Waals surface area contributed by atoms with Gasteiger partial charge < -0.3 is 5.32 Å². The van der Waals surface area contributed by atoms with Crippen LogP contribution in [0.4, 0.5) is 5.69 Å². The third kappa shape index (κ3) is 5.38. The van der Waals surface area contributed by atoms with E-state index in [2.05, 4.69) is 23.5 Å². The third-order valence-corrected chi connectivity index (χ3v) is 6.57. The highest BCUT2D eigenvalue weighted by Crippen LogP contribution is 2.25. The molecule has 5 nitrogen and oxygen atoms in total. The summed E-state index contributed by atoms with van der Waals surface area (Å²) >= 11 is 0. The Kier molecular flexibility index (Phi) is 6.32. The number of rotatable bonds is 6. The van der Waals surface area contributed by atoms with Crippen molar-refractivity contribution in [2.45, 2.75) is 52.5 Å². The smallest absolute Gasteiger partial charge is 0.241 e. The van der Waals surface area contributed by atoms with Gasteiger partial charge in [-0.1, -0.05) is 24.3 Å². The largest absolute Gasteiger partial charge is 0.348 e. The standard InChI is InChI=1S/C23H30N2O3S/c1-16-11-17(2)13-22(12-16)25(29(4,27)28)15-23(26)24-18(3)20-10-9-19-7-5-6-8-21(19)14-20/h9-14,18H,5-8,15H2,1-4H3,(H,24,26). The molecule has 1 amide bonds. The van der Waals surface area contributed by atoms with E-state index in [9.17, 15) is 13.2 Å². The zero-order chi connectivity index (χ0) is 21.2. The van der Waals surface area contributed by atoms with Crippen LogP contribution in [0.5, 0.6) is 0 Å². The lowest BCUT2D eigenvalue weighted by Gasteiger charge is -2.24. The van der Waals surface area contributed by atoms with Crippen LogP contribution >= 0.6 is 0 Å². The number of carbonyl (C=O) groups is 1. The van der Waals surface area contributed by atoms with Gasteiger partial charge in [0, 0.05) is 0 Å². The van der Waals surface area contributed by atoms with Gasteiger partial charge in [-0.2, -0.15) is 0 Å². The van der Waals surface area contributed by atoms with E-state index in [0.29, 0.717) is 5.69 Å². The first kappa shape index (κ1) is 21.4. The molecule has 1 aliphatic carbocycles. The average Bonchev–Trinajstić information content (AvgIpc) is 2.64. The summed E-state index contributed by atoms with van der Waals surface area (Å²) < 4.78 is 25.9. The SMILES string of the molecule is Cc1cc(C)cc(N(CC(=O)NC(C)c2ccc3c(c2)CCCC3)S(C)(=O)=O)c1. The highest BCUT2D eigenvalue weighted by atomic mass is 32.2. The molecule has 0 fully saturated rings. The van der Waals surface area contributed by atoms with E-state index in [1.807, 2.05) is 26.8 Å². The quantitative estimate of drug-likeness (QED) is 0.781. The van der Waals surface area contributed by atoms with Crippen molar-refractivity contribution in [3.05, 3.63) is 64.2 Å². The lowest BCUT2D eigenvalue weighted by atomic mass is 9.89. The summed E-state index contributed by atoms with van der Waals surface area (Å²) in [7, 11) is -3.59. The van der Waals surface area contributed by atoms with Gasteiger partial charge in [-0.05, 0) is 86.4 Å². The lowest BCUT2D eigenvalue weighted by molar-refractivity contribution is -0.120. The van der Waals surface area contributed by atoms with Crippen LogP contribution < -0.4 is 9.62 Å². The number of carbonyl (C=O) groups excluding carboxylic acids is 1. The predicted molar refractivity (Wildman–Crippen MR) is 118 cm³/mol. The summed E-state index contributed by atoms with van der Waals surface area (Å²) in [5.74, 6) is -0.320. The second kappa shape index (κ2) is 8.57. The van der Waals surface area contributed by atoms with Crippen molar-refractivity contribution in [2.24, 2.45) is 0 Å². The Morgan fingerprint density at radius 1 is 1.03 bits per heavy atom. The number of anilines is 1. The van der Waals surface area contributed by atoms with Gasteiger partial charge >= 0.3 is 0 Å². The highest BCUT2D eigenvalue weighted by molar-refractivity contribution is 7.92. The van der Waals surface area contributed by atoms with Crippen LogP contribution in [0.25, 0.3) is 0 Å². The number of hydrogen-bond donors (Lipinski definition) is 1. The van der Waals surface area contributed by atoms with Gasteiger partial charge in [0.15, 0.2) is 0 Å². The second-order valence-corrected chi connectivity index (χ2v) is 10.0. The molecule has 0 heterocycles. The molecule has 1 aliphatic rings. The summed E-state index contributed by atoms with van der Waals surface area (Å²) in [4.78, 5) is 12.7. The van der Waals surface area contributed by atoms with Crippen LogP contribution in [-0.4, -0.2) is 27.1 Å². The Hall–Kier alpha value is -2.34. The molecule has 0 aromatic heterocycles. The van der Waals surface area contributed by atoms with E-state index in [0.717, 1.165) is 35.8 Å². The van der Waals surface area contributed by atoms with Crippen molar-refractivity contribution in [1.29, 1.82) is 0 Å². The second-order valence-electron chi connectivity index (χ2n) is 8.14. The van der Waals surface area contributed by atoms with Gasteiger partial charge in [-0.25, -0.2) is 8.42 Å². The maximum absolute atomic E-state index is 12.7. The van der Waals surface area contributed by atoms with Gasteiger partial charge in [0.05, 0.1) is 18.0 Å². The molecule has 0 saturated heterocycles. The van der Waals surface area contributed by atoms with Gasteiger partial charge in [0.1, 0.15) is 6.54 Å². The summed E-state index contributed by atoms with van der Waals surface area (Å²) in [6.07, 6.45) is 5.77. The van der Waals surface area contributed by atoms with E-state index in [1.165, 1.54) is 28.3 Å². The molecule has 1 N–H and O–H groups in total. The van der Waals surface area contributed by atoms with Gasteiger partial charge in [-0.3, -0.25) is 9.10 Å². The molecule has 0 aliphatic heterocycles. The summed E-state index contributed by atoms with van der Waals surface area (Å²) in [5, 5.41) is 2.96. The van der Waals surface area contributed by atoms with Crippen molar-refractivity contribution >= 4 is 21.6 Å². The molecule has 1 atom stereocenters. The Bertz CT molecular complexity index is 995. The van der Waals surface area contributed by atoms with Crippen LogP contribution in [0, 0.1) is 13.8 Å². The minimum absolute atomic E-state index is 0.185. The number of fused-ring (bicyclic) bond motifs is 1. The molecule has 0 bridgehead atoms. The van der Waals surface area contributed by atoms with Gasteiger partial charge in [0.25, 0.3) is 0 Å². The number of amides is 1. The first-order valence-corrected chi connectivity index (χ1v) is 12.0. The van der Waals surface area contributed by atoms with Crippen LogP contribution in [0.3, 0.4) is 0 Å². The number of sulfonamides is 1. The van der Waals surface area contributed by atoms with Crippen molar-refractivity contribution in [3.63, 3.8) is 0 Å². The van der Waals surface area contributed by atoms with E-state index in [4.69, 9.17) is 0 Å². The molecule has 1 unspecified atom stereocenters. The van der Waals surface area contributed by atoms with Crippen molar-refractivity contribution < 1.29 is 13.2 Å². The number of nitrogens with zero attached hydrogens (tertiary/aromatic N) is 1. The monoisotopic (exact) mass is 414 g/mol. The number of hydrogen-bond acceptors (Lipinski definition) is 3. The highest BCUT2D eigenvalue weighted by Gasteiger charge is 2.22. The zero-order valence-electron chi connectivity index (χ0n) is 17.7. The first-order chi connectivity index (χ1) is 13.6. The maximum atomic E-state index is 12.7. The third-order valence-electron chi connectivity index (χ3n) is 5.43. The van der Waals surface area contributed by atoms with E-state index < -0.39 is 10.0 Å². The molecule has 156 valence electrons. The molecule has 2 aromatic carbocycles. The Morgan fingerprint density at radius 2 is 1.66 bits per heavy atom. The molecule has 3 rings (SSSR count). The van der Waals surface area contributed by atoms with Crippen LogP contribution in [-0.2, 0) is 27.7 Å². The van der Waals surface area contributed by atoms with E-state index in [1.54, 1.807) is 12.1 Å². The fourth-order valence-electron chi connectivity index (χ4n) is 4.02.